The van der Waals surface area contributed by atoms with E-state index in [0.717, 1.165) is 54.9 Å². The average Bonchev–Trinajstić information content (AvgIpc) is 3.13. The fourth-order valence-electron chi connectivity index (χ4n) is 4.97. The van der Waals surface area contributed by atoms with Crippen molar-refractivity contribution in [2.75, 3.05) is 13.2 Å². The Morgan fingerprint density at radius 3 is 2.79 bits per heavy atom. The second kappa shape index (κ2) is 11.4. The van der Waals surface area contributed by atoms with Crippen LogP contribution in [-0.4, -0.2) is 24.2 Å². The third-order valence-electron chi connectivity index (χ3n) is 6.69. The maximum atomic E-state index is 12.6. The first-order valence-corrected chi connectivity index (χ1v) is 12.5. The summed E-state index contributed by atoms with van der Waals surface area (Å²) < 4.78 is 17.4. The zero-order valence-electron chi connectivity index (χ0n) is 20.5. The van der Waals surface area contributed by atoms with Crippen molar-refractivity contribution in [2.24, 2.45) is 11.8 Å². The van der Waals surface area contributed by atoms with Crippen molar-refractivity contribution >= 4 is 5.97 Å². The molecule has 0 radical (unpaired) electrons. The van der Waals surface area contributed by atoms with E-state index >= 15 is 0 Å². The number of hydrogen-bond acceptors (Lipinski definition) is 5. The van der Waals surface area contributed by atoms with Gasteiger partial charge in [0.15, 0.2) is 0 Å². The molecular weight excluding hydrogens is 426 g/mol. The molecule has 4 rings (SSSR count). The maximum Gasteiger partial charge on any atom is 0.309 e. The minimum absolute atomic E-state index is 0.0507. The number of carbonyl (C=O) groups excluding carboxylic acids is 1. The van der Waals surface area contributed by atoms with E-state index in [1.165, 1.54) is 11.1 Å². The highest BCUT2D eigenvalue weighted by Crippen LogP contribution is 2.41. The molecule has 0 amide bonds. The highest BCUT2D eigenvalue weighted by molar-refractivity contribution is 5.73. The summed E-state index contributed by atoms with van der Waals surface area (Å²) in [6.45, 7) is 6.93. The minimum Gasteiger partial charge on any atom is -0.493 e. The van der Waals surface area contributed by atoms with Crippen molar-refractivity contribution in [2.45, 2.75) is 59.3 Å². The monoisotopic (exact) mass is 461 g/mol. The molecular formula is C29H35NO4. The number of ether oxygens (including phenoxy) is 2. The quantitative estimate of drug-likeness (QED) is 0.367. The van der Waals surface area contributed by atoms with Crippen LogP contribution in [0.4, 0.5) is 0 Å². The molecule has 2 aliphatic carbocycles. The van der Waals surface area contributed by atoms with Gasteiger partial charge in [-0.2, -0.15) is 0 Å². The number of aromatic nitrogens is 1. The van der Waals surface area contributed by atoms with E-state index in [-0.39, 0.29) is 17.8 Å². The van der Waals surface area contributed by atoms with Crippen molar-refractivity contribution < 1.29 is 18.7 Å². The zero-order chi connectivity index (χ0) is 23.9. The Kier molecular flexibility index (Phi) is 8.04. The van der Waals surface area contributed by atoms with E-state index < -0.39 is 0 Å². The van der Waals surface area contributed by atoms with Gasteiger partial charge in [0.25, 0.3) is 0 Å². The molecule has 1 aromatic heterocycles. The summed E-state index contributed by atoms with van der Waals surface area (Å²) in [6, 6.07) is 9.95. The third kappa shape index (κ3) is 5.69. The van der Waals surface area contributed by atoms with E-state index in [1.54, 1.807) is 0 Å². The normalized spacial score (nSPS) is 18.3. The molecule has 2 atom stereocenters. The van der Waals surface area contributed by atoms with E-state index in [2.05, 4.69) is 30.1 Å². The highest BCUT2D eigenvalue weighted by Gasteiger charge is 2.34. The number of oxazole rings is 1. The van der Waals surface area contributed by atoms with E-state index in [4.69, 9.17) is 13.9 Å². The first-order chi connectivity index (χ1) is 16.6. The zero-order valence-corrected chi connectivity index (χ0v) is 20.5. The highest BCUT2D eigenvalue weighted by atomic mass is 16.5. The summed E-state index contributed by atoms with van der Waals surface area (Å²) in [7, 11) is 0. The summed E-state index contributed by atoms with van der Waals surface area (Å²) in [4.78, 5) is 17.3. The fraction of sp³-hybridized carbons (Fsp3) is 0.448. The first-order valence-electron chi connectivity index (χ1n) is 12.5. The molecule has 5 heteroatoms. The number of nitrogens with zero attached hydrogens (tertiary/aromatic N) is 1. The molecule has 0 aliphatic heterocycles. The predicted molar refractivity (Wildman–Crippen MR) is 133 cm³/mol. The molecule has 2 aliphatic rings. The van der Waals surface area contributed by atoms with Crippen molar-refractivity contribution in [3.05, 3.63) is 76.9 Å². The number of allylic oxidation sites excluding steroid dienone is 5. The maximum absolute atomic E-state index is 12.6. The molecule has 5 nitrogen and oxygen atoms in total. The van der Waals surface area contributed by atoms with Crippen LogP contribution in [0.15, 0.2) is 69.9 Å². The Morgan fingerprint density at radius 2 is 2.03 bits per heavy atom. The fourth-order valence-corrected chi connectivity index (χ4v) is 4.97. The molecule has 34 heavy (non-hydrogen) atoms. The van der Waals surface area contributed by atoms with Gasteiger partial charge in [-0.05, 0) is 69.7 Å². The summed E-state index contributed by atoms with van der Waals surface area (Å²) in [5.74, 6) is 2.50. The number of esters is 1. The predicted octanol–water partition coefficient (Wildman–Crippen LogP) is 6.74. The lowest BCUT2D eigenvalue weighted by molar-refractivity contribution is -0.150. The molecule has 1 fully saturated rings. The number of benzene rings is 1. The molecule has 1 heterocycles. The molecule has 1 aromatic carbocycles. The SMILES string of the molecule is CCCC(C(=O)OCC)C1CCC2=CC(OCCc3nc(-c4ccccc4)oc3C)=CC=C1C2. The number of fused-ring (bicyclic) bond motifs is 2. The minimum atomic E-state index is -0.0532. The Bertz CT molecular complexity index is 1080. The Labute approximate surface area is 202 Å². The van der Waals surface area contributed by atoms with Crippen LogP contribution in [0.25, 0.3) is 11.5 Å². The van der Waals surface area contributed by atoms with Crippen molar-refractivity contribution in [1.82, 2.24) is 4.98 Å². The van der Waals surface area contributed by atoms with Gasteiger partial charge < -0.3 is 13.9 Å². The number of rotatable bonds is 10. The molecule has 0 N–H and O–H groups in total. The molecule has 2 unspecified atom stereocenters. The lowest BCUT2D eigenvalue weighted by atomic mass is 9.73. The number of hydrogen-bond donors (Lipinski definition) is 0. The Balaban J connectivity index is 1.41. The summed E-state index contributed by atoms with van der Waals surface area (Å²) in [5.41, 5.74) is 4.60. The van der Waals surface area contributed by atoms with Crippen LogP contribution in [-0.2, 0) is 20.7 Å². The summed E-state index contributed by atoms with van der Waals surface area (Å²) in [6.07, 6.45) is 11.8. The van der Waals surface area contributed by atoms with Crippen LogP contribution in [0.5, 0.6) is 0 Å². The molecule has 180 valence electrons. The Morgan fingerprint density at radius 1 is 1.21 bits per heavy atom. The number of carbonyl (C=O) groups is 1. The molecule has 0 spiro atoms. The van der Waals surface area contributed by atoms with Crippen LogP contribution in [0.2, 0.25) is 0 Å². The molecule has 0 saturated heterocycles. The van der Waals surface area contributed by atoms with Gasteiger partial charge in [0.1, 0.15) is 11.5 Å². The second-order valence-corrected chi connectivity index (χ2v) is 9.07. The van der Waals surface area contributed by atoms with E-state index in [0.29, 0.717) is 25.5 Å². The van der Waals surface area contributed by atoms with E-state index in [1.807, 2.05) is 44.2 Å². The van der Waals surface area contributed by atoms with Crippen LogP contribution >= 0.6 is 0 Å². The van der Waals surface area contributed by atoms with Gasteiger partial charge >= 0.3 is 5.97 Å². The number of aryl methyl sites for hydroxylation is 1. The topological polar surface area (TPSA) is 61.6 Å². The van der Waals surface area contributed by atoms with Gasteiger partial charge in [-0.1, -0.05) is 48.8 Å². The lowest BCUT2D eigenvalue weighted by Crippen LogP contribution is -2.29. The van der Waals surface area contributed by atoms with Crippen LogP contribution in [0, 0.1) is 18.8 Å². The van der Waals surface area contributed by atoms with Crippen LogP contribution in [0.3, 0.4) is 0 Å². The summed E-state index contributed by atoms with van der Waals surface area (Å²) >= 11 is 0. The van der Waals surface area contributed by atoms with Crippen molar-refractivity contribution in [3.8, 4) is 11.5 Å². The average molecular weight is 462 g/mol. The molecule has 2 bridgehead atoms. The van der Waals surface area contributed by atoms with Gasteiger partial charge in [0.05, 0.1) is 24.8 Å². The summed E-state index contributed by atoms with van der Waals surface area (Å²) in [5, 5.41) is 0. The van der Waals surface area contributed by atoms with E-state index in [9.17, 15) is 4.79 Å². The van der Waals surface area contributed by atoms with Gasteiger partial charge in [0, 0.05) is 12.0 Å². The molecule has 1 saturated carbocycles. The lowest BCUT2D eigenvalue weighted by Gasteiger charge is -2.32. The van der Waals surface area contributed by atoms with Crippen molar-refractivity contribution in [3.63, 3.8) is 0 Å². The largest absolute Gasteiger partial charge is 0.493 e. The smallest absolute Gasteiger partial charge is 0.309 e. The van der Waals surface area contributed by atoms with Gasteiger partial charge in [-0.15, -0.1) is 0 Å². The molecule has 2 aromatic rings. The van der Waals surface area contributed by atoms with Gasteiger partial charge in [0.2, 0.25) is 5.89 Å². The van der Waals surface area contributed by atoms with Crippen molar-refractivity contribution in [1.29, 1.82) is 0 Å². The second-order valence-electron chi connectivity index (χ2n) is 9.07. The standard InChI is InChI=1S/C29H35NO4/c1-4-9-26(29(31)32-5-2)25-15-12-21-18-23(25)13-14-24(19-21)33-17-16-27-20(3)34-28(30-27)22-10-7-6-8-11-22/h6-8,10-11,13-14,19,25-26H,4-5,9,12,15-18H2,1-3H3. The van der Waals surface area contributed by atoms with Gasteiger partial charge in [-0.25, -0.2) is 4.98 Å². The van der Waals surface area contributed by atoms with Gasteiger partial charge in [-0.3, -0.25) is 4.79 Å². The first kappa shape index (κ1) is 24.1. The van der Waals surface area contributed by atoms with Crippen LogP contribution in [0.1, 0.15) is 57.4 Å². The van der Waals surface area contributed by atoms with Crippen LogP contribution < -0.4 is 0 Å². The third-order valence-corrected chi connectivity index (χ3v) is 6.69. The Hall–Kier alpha value is -3.08.